The van der Waals surface area contributed by atoms with Crippen LogP contribution in [-0.4, -0.2) is 38.2 Å². The van der Waals surface area contributed by atoms with Gasteiger partial charge < -0.3 is 4.90 Å². The van der Waals surface area contributed by atoms with Crippen molar-refractivity contribution < 1.29 is 4.79 Å². The fourth-order valence-electron chi connectivity index (χ4n) is 3.32. The fourth-order valence-corrected chi connectivity index (χ4v) is 5.27. The first-order valence-corrected chi connectivity index (χ1v) is 11.3. The lowest BCUT2D eigenvalue weighted by atomic mass is 10.2. The van der Waals surface area contributed by atoms with E-state index in [0.29, 0.717) is 17.6 Å². The van der Waals surface area contributed by atoms with E-state index in [1.165, 1.54) is 11.8 Å². The second-order valence-corrected chi connectivity index (χ2v) is 10.1. The Morgan fingerprint density at radius 1 is 1.15 bits per heavy atom. The smallest absolute Gasteiger partial charge is 0.263 e. The second-order valence-electron chi connectivity index (χ2n) is 7.94. The molecule has 2 aromatic rings. The van der Waals surface area contributed by atoms with Gasteiger partial charge in [-0.3, -0.25) is 14.2 Å². The van der Waals surface area contributed by atoms with Gasteiger partial charge in [-0.15, -0.1) is 11.3 Å². The highest BCUT2D eigenvalue weighted by atomic mass is 32.2. The van der Waals surface area contributed by atoms with Crippen molar-refractivity contribution in [1.29, 1.82) is 0 Å². The highest BCUT2D eigenvalue weighted by Crippen LogP contribution is 2.29. The maximum absolute atomic E-state index is 13.1. The molecule has 0 N–H and O–H groups in total. The Morgan fingerprint density at radius 3 is 2.26 bits per heavy atom. The van der Waals surface area contributed by atoms with E-state index in [-0.39, 0.29) is 29.3 Å². The first kappa shape index (κ1) is 22.0. The van der Waals surface area contributed by atoms with E-state index in [0.717, 1.165) is 20.7 Å². The molecule has 27 heavy (non-hydrogen) atoms. The Balaban J connectivity index is 2.42. The summed E-state index contributed by atoms with van der Waals surface area (Å²) in [4.78, 5) is 34.4. The zero-order chi connectivity index (χ0) is 20.5. The third-order valence-corrected chi connectivity index (χ3v) is 6.59. The van der Waals surface area contributed by atoms with Crippen molar-refractivity contribution in [2.75, 3.05) is 5.75 Å². The predicted molar refractivity (Wildman–Crippen MR) is 116 cm³/mol. The van der Waals surface area contributed by atoms with Gasteiger partial charge in [0.1, 0.15) is 4.83 Å². The molecule has 0 aliphatic carbocycles. The van der Waals surface area contributed by atoms with Gasteiger partial charge in [-0.05, 0) is 53.0 Å². The molecule has 150 valence electrons. The molecule has 0 radical (unpaired) electrons. The van der Waals surface area contributed by atoms with Crippen LogP contribution < -0.4 is 5.56 Å². The van der Waals surface area contributed by atoms with Gasteiger partial charge in [0, 0.05) is 23.5 Å². The number of hydrogen-bond acceptors (Lipinski definition) is 5. The minimum atomic E-state index is 0.00933. The summed E-state index contributed by atoms with van der Waals surface area (Å²) in [6.45, 7) is 16.9. The standard InChI is InChI=1S/C20H31N3O2S2/c1-11(2)9-22-19(25)17-14(7)15(8)27-18(17)21-20(22)26-10-16(24)23(12(3)4)13(5)6/h11-13H,9-10H2,1-8H3. The van der Waals surface area contributed by atoms with Crippen LogP contribution in [0.5, 0.6) is 0 Å². The molecule has 7 heteroatoms. The van der Waals surface area contributed by atoms with Crippen LogP contribution in [0.1, 0.15) is 52.0 Å². The number of carbonyl (C=O) groups is 1. The number of amides is 1. The molecular formula is C20H31N3O2S2. The topological polar surface area (TPSA) is 55.2 Å². The number of fused-ring (bicyclic) bond motifs is 1. The summed E-state index contributed by atoms with van der Waals surface area (Å²) in [7, 11) is 0. The zero-order valence-corrected chi connectivity index (χ0v) is 19.3. The molecule has 0 aromatic carbocycles. The van der Waals surface area contributed by atoms with Crippen molar-refractivity contribution in [3.05, 3.63) is 20.8 Å². The number of aromatic nitrogens is 2. The number of carbonyl (C=O) groups excluding carboxylic acids is 1. The molecule has 2 aromatic heterocycles. The van der Waals surface area contributed by atoms with E-state index in [1.807, 2.05) is 46.4 Å². The molecule has 0 saturated carbocycles. The molecule has 0 spiro atoms. The summed E-state index contributed by atoms with van der Waals surface area (Å²) in [6, 6.07) is 0.294. The van der Waals surface area contributed by atoms with Gasteiger partial charge in [0.2, 0.25) is 5.91 Å². The number of aryl methyl sites for hydroxylation is 2. The molecule has 5 nitrogen and oxygen atoms in total. The summed E-state index contributed by atoms with van der Waals surface area (Å²) >= 11 is 2.92. The fraction of sp³-hybridized carbons (Fsp3) is 0.650. The number of hydrogen-bond donors (Lipinski definition) is 0. The van der Waals surface area contributed by atoms with Gasteiger partial charge >= 0.3 is 0 Å². The predicted octanol–water partition coefficient (Wildman–Crippen LogP) is 4.47. The average molecular weight is 410 g/mol. The maximum atomic E-state index is 13.1. The first-order valence-electron chi connectivity index (χ1n) is 9.49. The van der Waals surface area contributed by atoms with Crippen LogP contribution in [0.2, 0.25) is 0 Å². The lowest BCUT2D eigenvalue weighted by molar-refractivity contribution is -0.131. The van der Waals surface area contributed by atoms with Gasteiger partial charge in [0.25, 0.3) is 5.56 Å². The van der Waals surface area contributed by atoms with Crippen molar-refractivity contribution in [3.63, 3.8) is 0 Å². The Labute approximate surface area is 170 Å². The Hall–Kier alpha value is -1.34. The van der Waals surface area contributed by atoms with Gasteiger partial charge in [-0.25, -0.2) is 4.98 Å². The number of rotatable bonds is 7. The van der Waals surface area contributed by atoms with E-state index in [4.69, 9.17) is 4.98 Å². The molecule has 0 bridgehead atoms. The minimum Gasteiger partial charge on any atom is -0.337 e. The molecule has 0 aliphatic rings. The monoisotopic (exact) mass is 409 g/mol. The molecular weight excluding hydrogens is 378 g/mol. The molecule has 0 fully saturated rings. The highest BCUT2D eigenvalue weighted by Gasteiger charge is 2.22. The van der Waals surface area contributed by atoms with E-state index in [9.17, 15) is 9.59 Å². The van der Waals surface area contributed by atoms with Crippen LogP contribution in [0.3, 0.4) is 0 Å². The Bertz CT molecular complexity index is 873. The normalized spacial score (nSPS) is 12.0. The molecule has 1 amide bonds. The van der Waals surface area contributed by atoms with Gasteiger partial charge in [-0.2, -0.15) is 0 Å². The van der Waals surface area contributed by atoms with Gasteiger partial charge in [0.15, 0.2) is 5.16 Å². The van der Waals surface area contributed by atoms with Gasteiger partial charge in [0.05, 0.1) is 11.1 Å². The van der Waals surface area contributed by atoms with Crippen molar-refractivity contribution in [3.8, 4) is 0 Å². The number of thiophene rings is 1. The lowest BCUT2D eigenvalue weighted by Crippen LogP contribution is -2.43. The van der Waals surface area contributed by atoms with E-state index in [1.54, 1.807) is 15.9 Å². The summed E-state index contributed by atoms with van der Waals surface area (Å²) in [5.41, 5.74) is 1.03. The highest BCUT2D eigenvalue weighted by molar-refractivity contribution is 7.99. The van der Waals surface area contributed by atoms with Crippen LogP contribution in [-0.2, 0) is 11.3 Å². The van der Waals surface area contributed by atoms with Crippen LogP contribution in [0.15, 0.2) is 9.95 Å². The maximum Gasteiger partial charge on any atom is 0.263 e. The van der Waals surface area contributed by atoms with Gasteiger partial charge in [-0.1, -0.05) is 25.6 Å². The summed E-state index contributed by atoms with van der Waals surface area (Å²) in [5, 5.41) is 1.36. The molecule has 0 unspecified atom stereocenters. The molecule has 0 atom stereocenters. The lowest BCUT2D eigenvalue weighted by Gasteiger charge is -2.30. The SMILES string of the molecule is Cc1sc2nc(SCC(=O)N(C(C)C)C(C)C)n(CC(C)C)c(=O)c2c1C. The van der Waals surface area contributed by atoms with Crippen LogP contribution in [0.25, 0.3) is 10.2 Å². The van der Waals surface area contributed by atoms with E-state index >= 15 is 0 Å². The molecule has 0 aliphatic heterocycles. The van der Waals surface area contributed by atoms with Crippen LogP contribution in [0, 0.1) is 19.8 Å². The van der Waals surface area contributed by atoms with Crippen LogP contribution in [0.4, 0.5) is 0 Å². The number of nitrogens with zero attached hydrogens (tertiary/aromatic N) is 3. The quantitative estimate of drug-likeness (QED) is 0.500. The summed E-state index contributed by atoms with van der Waals surface area (Å²) in [6.07, 6.45) is 0. The Morgan fingerprint density at radius 2 is 1.74 bits per heavy atom. The summed E-state index contributed by atoms with van der Waals surface area (Å²) in [5.74, 6) is 0.685. The minimum absolute atomic E-state index is 0.00933. The van der Waals surface area contributed by atoms with Crippen LogP contribution >= 0.6 is 23.1 Å². The largest absolute Gasteiger partial charge is 0.337 e. The van der Waals surface area contributed by atoms with Crippen molar-refractivity contribution in [2.45, 2.75) is 79.2 Å². The summed E-state index contributed by atoms with van der Waals surface area (Å²) < 4.78 is 1.75. The molecule has 0 saturated heterocycles. The van der Waals surface area contributed by atoms with Crippen molar-refractivity contribution in [1.82, 2.24) is 14.5 Å². The molecule has 2 heterocycles. The average Bonchev–Trinajstić information content (AvgIpc) is 2.82. The van der Waals surface area contributed by atoms with E-state index < -0.39 is 0 Å². The third kappa shape index (κ3) is 4.74. The zero-order valence-electron chi connectivity index (χ0n) is 17.6. The second kappa shape index (κ2) is 8.78. The molecule has 2 rings (SSSR count). The third-order valence-electron chi connectivity index (χ3n) is 4.53. The first-order chi connectivity index (χ1) is 12.5. The van der Waals surface area contributed by atoms with Crippen molar-refractivity contribution >= 4 is 39.2 Å². The Kier molecular flexibility index (Phi) is 7.14. The van der Waals surface area contributed by atoms with E-state index in [2.05, 4.69) is 13.8 Å². The van der Waals surface area contributed by atoms with Crippen molar-refractivity contribution in [2.24, 2.45) is 5.92 Å². The number of thioether (sulfide) groups is 1.